The molecule has 0 radical (unpaired) electrons. The van der Waals surface area contributed by atoms with Crippen molar-refractivity contribution < 1.29 is 52.5 Å². The first-order valence-corrected chi connectivity index (χ1v) is 13.9. The van der Waals surface area contributed by atoms with E-state index in [4.69, 9.17) is 23.7 Å². The number of hydrogen-bond acceptors (Lipinski definition) is 11. The molecule has 15 heteroatoms. The zero-order chi connectivity index (χ0) is 31.5. The largest absolute Gasteiger partial charge is 0.483 e. The Labute approximate surface area is 249 Å². The van der Waals surface area contributed by atoms with E-state index in [0.29, 0.717) is 59.1 Å². The molecule has 43 heavy (non-hydrogen) atoms. The average Bonchev–Trinajstić information content (AvgIpc) is 3.25. The van der Waals surface area contributed by atoms with Gasteiger partial charge in [0, 0.05) is 33.5 Å². The number of nitrogens with one attached hydrogen (secondary N) is 3. The Kier molecular flexibility index (Phi) is 16.5. The van der Waals surface area contributed by atoms with Gasteiger partial charge in [-0.1, -0.05) is 6.07 Å². The highest BCUT2D eigenvalue weighted by Gasteiger charge is 2.42. The van der Waals surface area contributed by atoms with Crippen molar-refractivity contribution in [3.8, 4) is 5.75 Å². The summed E-state index contributed by atoms with van der Waals surface area (Å²) in [5, 5.41) is 7.68. The van der Waals surface area contributed by atoms with Gasteiger partial charge < -0.3 is 44.4 Å². The van der Waals surface area contributed by atoms with Crippen LogP contribution in [0.4, 0.5) is 0 Å². The van der Waals surface area contributed by atoms with Gasteiger partial charge in [-0.25, -0.2) is 0 Å². The second-order valence-electron chi connectivity index (χ2n) is 9.15. The van der Waals surface area contributed by atoms with Gasteiger partial charge in [0.15, 0.2) is 6.61 Å². The third-order valence-corrected chi connectivity index (χ3v) is 6.01. The van der Waals surface area contributed by atoms with Gasteiger partial charge in [-0.2, -0.15) is 0 Å². The highest BCUT2D eigenvalue weighted by molar-refractivity contribution is 6.23. The van der Waals surface area contributed by atoms with E-state index in [1.165, 1.54) is 32.2 Å². The lowest BCUT2D eigenvalue weighted by Gasteiger charge is -2.21. The molecule has 1 aliphatic heterocycles. The summed E-state index contributed by atoms with van der Waals surface area (Å²) in [6.07, 6.45) is 0.402. The SMILES string of the molecule is CNC(=O)CCC(C=O)N1C(=O)c2cccc(OCC(=O)NCCOCCOCCOCCOCCNC(C)=O)c2C1=O. The highest BCUT2D eigenvalue weighted by Crippen LogP contribution is 2.32. The Morgan fingerprint density at radius 1 is 0.837 bits per heavy atom. The maximum absolute atomic E-state index is 13.0. The fourth-order valence-corrected chi connectivity index (χ4v) is 3.87. The van der Waals surface area contributed by atoms with Gasteiger partial charge in [-0.05, 0) is 18.6 Å². The number of imide groups is 1. The Morgan fingerprint density at radius 3 is 1.98 bits per heavy atom. The summed E-state index contributed by atoms with van der Waals surface area (Å²) in [5.41, 5.74) is 0.0222. The molecule has 0 aliphatic carbocycles. The number of hydrogen-bond donors (Lipinski definition) is 3. The van der Waals surface area contributed by atoms with Crippen LogP contribution in [0.1, 0.15) is 40.5 Å². The molecular weight excluding hydrogens is 568 g/mol. The minimum absolute atomic E-state index is 0.0183. The molecule has 1 heterocycles. The first kappa shape index (κ1) is 35.3. The topological polar surface area (TPSA) is 188 Å². The van der Waals surface area contributed by atoms with Crippen LogP contribution < -0.4 is 20.7 Å². The van der Waals surface area contributed by atoms with Crippen molar-refractivity contribution in [2.45, 2.75) is 25.8 Å². The Hall–Kier alpha value is -3.92. The third-order valence-electron chi connectivity index (χ3n) is 6.01. The van der Waals surface area contributed by atoms with Gasteiger partial charge in [-0.3, -0.25) is 28.9 Å². The van der Waals surface area contributed by atoms with Crippen LogP contribution in [0, 0.1) is 0 Å². The maximum Gasteiger partial charge on any atom is 0.265 e. The molecule has 1 aromatic rings. The lowest BCUT2D eigenvalue weighted by molar-refractivity contribution is -0.123. The molecule has 3 N–H and O–H groups in total. The number of nitrogens with zero attached hydrogens (tertiary/aromatic N) is 1. The number of ether oxygens (including phenoxy) is 5. The number of carbonyl (C=O) groups excluding carboxylic acids is 6. The molecule has 238 valence electrons. The molecule has 1 unspecified atom stereocenters. The molecule has 1 aromatic carbocycles. The van der Waals surface area contributed by atoms with Crippen LogP contribution in [-0.4, -0.2) is 126 Å². The molecule has 0 saturated carbocycles. The van der Waals surface area contributed by atoms with E-state index in [1.807, 2.05) is 0 Å². The van der Waals surface area contributed by atoms with Gasteiger partial charge in [-0.15, -0.1) is 0 Å². The van der Waals surface area contributed by atoms with Gasteiger partial charge in [0.2, 0.25) is 11.8 Å². The van der Waals surface area contributed by atoms with Gasteiger partial charge in [0.1, 0.15) is 12.0 Å². The zero-order valence-corrected chi connectivity index (χ0v) is 24.5. The van der Waals surface area contributed by atoms with E-state index >= 15 is 0 Å². The highest BCUT2D eigenvalue weighted by atomic mass is 16.6. The first-order valence-electron chi connectivity index (χ1n) is 13.9. The van der Waals surface area contributed by atoms with E-state index in [-0.39, 0.29) is 54.7 Å². The molecule has 0 bridgehead atoms. The summed E-state index contributed by atoms with van der Waals surface area (Å²) in [6.45, 7) is 4.71. The molecule has 5 amide bonds. The van der Waals surface area contributed by atoms with Crippen LogP contribution in [0.3, 0.4) is 0 Å². The number of rotatable bonds is 23. The Morgan fingerprint density at radius 2 is 1.42 bits per heavy atom. The Bertz CT molecular complexity index is 1100. The Balaban J connectivity index is 1.59. The number of aldehydes is 1. The fraction of sp³-hybridized carbons (Fsp3) is 0.571. The smallest absolute Gasteiger partial charge is 0.265 e. The van der Waals surface area contributed by atoms with Crippen LogP contribution in [0.5, 0.6) is 5.75 Å². The molecule has 0 aromatic heterocycles. The van der Waals surface area contributed by atoms with Gasteiger partial charge in [0.05, 0.1) is 70.0 Å². The van der Waals surface area contributed by atoms with Crippen molar-refractivity contribution in [1.29, 1.82) is 0 Å². The summed E-state index contributed by atoms with van der Waals surface area (Å²) >= 11 is 0. The minimum Gasteiger partial charge on any atom is -0.483 e. The van der Waals surface area contributed by atoms with E-state index < -0.39 is 30.4 Å². The van der Waals surface area contributed by atoms with Crippen LogP contribution in [0.2, 0.25) is 0 Å². The van der Waals surface area contributed by atoms with Crippen LogP contribution >= 0.6 is 0 Å². The standard InChI is InChI=1S/C28H40N4O11/c1-20(34)30-8-10-39-12-14-41-16-17-42-15-13-40-11-9-31-25(36)19-43-23-5-3-4-22-26(23)28(38)32(27(22)37)21(18-33)6-7-24(35)29-2/h3-5,18,21H,6-17,19H2,1-2H3,(H,29,35)(H,30,34)(H,31,36). The number of amides is 5. The molecular formula is C28H40N4O11. The zero-order valence-electron chi connectivity index (χ0n) is 24.5. The summed E-state index contributed by atoms with van der Waals surface area (Å²) in [6, 6.07) is 3.29. The van der Waals surface area contributed by atoms with Crippen molar-refractivity contribution in [3.05, 3.63) is 29.3 Å². The van der Waals surface area contributed by atoms with Crippen molar-refractivity contribution >= 4 is 35.8 Å². The third kappa shape index (κ3) is 12.5. The second-order valence-corrected chi connectivity index (χ2v) is 9.15. The molecule has 15 nitrogen and oxygen atoms in total. The predicted octanol–water partition coefficient (Wildman–Crippen LogP) is -0.926. The van der Waals surface area contributed by atoms with Crippen molar-refractivity contribution in [2.24, 2.45) is 0 Å². The molecule has 0 fully saturated rings. The number of fused-ring (bicyclic) bond motifs is 1. The maximum atomic E-state index is 13.0. The van der Waals surface area contributed by atoms with E-state index in [0.717, 1.165) is 4.90 Å². The normalized spacial score (nSPS) is 12.9. The van der Waals surface area contributed by atoms with Crippen molar-refractivity contribution in [1.82, 2.24) is 20.9 Å². The van der Waals surface area contributed by atoms with Gasteiger partial charge in [0.25, 0.3) is 17.7 Å². The van der Waals surface area contributed by atoms with Crippen LogP contribution in [0.25, 0.3) is 0 Å². The predicted molar refractivity (Wildman–Crippen MR) is 151 cm³/mol. The van der Waals surface area contributed by atoms with Crippen LogP contribution in [0.15, 0.2) is 18.2 Å². The summed E-state index contributed by atoms with van der Waals surface area (Å²) in [7, 11) is 1.45. The number of carbonyl (C=O) groups is 6. The second kappa shape index (κ2) is 20.1. The summed E-state index contributed by atoms with van der Waals surface area (Å²) in [5.74, 6) is -2.24. The molecule has 1 aliphatic rings. The molecule has 0 saturated heterocycles. The molecule has 1 atom stereocenters. The summed E-state index contributed by atoms with van der Waals surface area (Å²) < 4.78 is 27.0. The average molecular weight is 609 g/mol. The van der Waals surface area contributed by atoms with E-state index in [2.05, 4.69) is 16.0 Å². The number of benzene rings is 1. The quantitative estimate of drug-likeness (QED) is 0.0792. The lowest BCUT2D eigenvalue weighted by atomic mass is 10.1. The minimum atomic E-state index is -1.11. The van der Waals surface area contributed by atoms with Crippen molar-refractivity contribution in [2.75, 3.05) is 79.6 Å². The monoisotopic (exact) mass is 608 g/mol. The lowest BCUT2D eigenvalue weighted by Crippen LogP contribution is -2.41. The molecule has 2 rings (SSSR count). The van der Waals surface area contributed by atoms with E-state index in [9.17, 15) is 28.8 Å². The molecule has 0 spiro atoms. The fourth-order valence-electron chi connectivity index (χ4n) is 3.87. The van der Waals surface area contributed by atoms with Gasteiger partial charge >= 0.3 is 0 Å². The first-order chi connectivity index (χ1) is 20.8. The van der Waals surface area contributed by atoms with E-state index in [1.54, 1.807) is 0 Å². The summed E-state index contributed by atoms with van der Waals surface area (Å²) in [4.78, 5) is 72.9. The van der Waals surface area contributed by atoms with Crippen molar-refractivity contribution in [3.63, 3.8) is 0 Å². The van der Waals surface area contributed by atoms with Crippen LogP contribution in [-0.2, 0) is 38.1 Å².